The number of carbonyl (C=O) groups is 1. The standard InChI is InChI=1S/C26H26N6O/c33-26(28-22-8-6-21(7-9-22)23-12-15-27-29-23)24-10-11-25(31-30-24)32-16-13-20(14-17-32)18-19-4-2-1-3-5-19/h1-12,15,20H,13-14,16-18H2,(H,27,29)(H,28,33). The lowest BCUT2D eigenvalue weighted by Gasteiger charge is -2.32. The zero-order valence-corrected chi connectivity index (χ0v) is 18.3. The fraction of sp³-hybridized carbons (Fsp3) is 0.231. The van der Waals surface area contributed by atoms with Crippen molar-refractivity contribution in [2.45, 2.75) is 19.3 Å². The molecule has 7 nitrogen and oxygen atoms in total. The van der Waals surface area contributed by atoms with Gasteiger partial charge in [0.15, 0.2) is 11.5 Å². The molecule has 1 aliphatic rings. The van der Waals surface area contributed by atoms with Crippen molar-refractivity contribution in [1.82, 2.24) is 20.4 Å². The molecule has 2 aromatic carbocycles. The van der Waals surface area contributed by atoms with Crippen molar-refractivity contribution in [2.75, 3.05) is 23.3 Å². The first kappa shape index (κ1) is 20.9. The number of rotatable bonds is 6. The fourth-order valence-electron chi connectivity index (χ4n) is 4.27. The van der Waals surface area contributed by atoms with E-state index in [4.69, 9.17) is 0 Å². The average Bonchev–Trinajstić information content (AvgIpc) is 3.41. The van der Waals surface area contributed by atoms with Crippen LogP contribution in [0, 0.1) is 5.92 Å². The fourth-order valence-corrected chi connectivity index (χ4v) is 4.27. The number of hydrogen-bond acceptors (Lipinski definition) is 5. The van der Waals surface area contributed by atoms with E-state index in [1.807, 2.05) is 36.4 Å². The summed E-state index contributed by atoms with van der Waals surface area (Å²) in [5, 5.41) is 18.3. The lowest BCUT2D eigenvalue weighted by Crippen LogP contribution is -2.35. The number of benzene rings is 2. The lowest BCUT2D eigenvalue weighted by atomic mass is 9.90. The molecule has 1 fully saturated rings. The Morgan fingerprint density at radius 1 is 0.939 bits per heavy atom. The van der Waals surface area contributed by atoms with Crippen LogP contribution in [0.2, 0.25) is 0 Å². The summed E-state index contributed by atoms with van der Waals surface area (Å²) in [4.78, 5) is 14.8. The van der Waals surface area contributed by atoms with Gasteiger partial charge in [0, 0.05) is 25.0 Å². The molecular formula is C26H26N6O. The Hall–Kier alpha value is -4.00. The molecule has 0 saturated carbocycles. The van der Waals surface area contributed by atoms with Gasteiger partial charge in [-0.15, -0.1) is 10.2 Å². The number of hydrogen-bond donors (Lipinski definition) is 2. The highest BCUT2D eigenvalue weighted by Crippen LogP contribution is 2.25. The number of aromatic nitrogens is 4. The van der Waals surface area contributed by atoms with Gasteiger partial charge in [-0.05, 0) is 66.6 Å². The van der Waals surface area contributed by atoms with E-state index in [0.29, 0.717) is 17.3 Å². The molecule has 0 radical (unpaired) electrons. The predicted octanol–water partition coefficient (Wildman–Crippen LogP) is 4.58. The summed E-state index contributed by atoms with van der Waals surface area (Å²) >= 11 is 0. The molecular weight excluding hydrogens is 412 g/mol. The van der Waals surface area contributed by atoms with Gasteiger partial charge in [0.1, 0.15) is 0 Å². The topological polar surface area (TPSA) is 86.8 Å². The first-order chi connectivity index (χ1) is 16.2. The minimum atomic E-state index is -0.273. The highest BCUT2D eigenvalue weighted by molar-refractivity contribution is 6.02. The molecule has 33 heavy (non-hydrogen) atoms. The second kappa shape index (κ2) is 9.65. The number of nitrogens with zero attached hydrogens (tertiary/aromatic N) is 4. The Morgan fingerprint density at radius 3 is 2.39 bits per heavy atom. The van der Waals surface area contributed by atoms with Crippen LogP contribution in [0.1, 0.15) is 28.9 Å². The zero-order chi connectivity index (χ0) is 22.5. The lowest BCUT2D eigenvalue weighted by molar-refractivity contribution is 0.102. The number of nitrogens with one attached hydrogen (secondary N) is 2. The van der Waals surface area contributed by atoms with Gasteiger partial charge in [0.2, 0.25) is 0 Å². The van der Waals surface area contributed by atoms with Gasteiger partial charge >= 0.3 is 0 Å². The van der Waals surface area contributed by atoms with Crippen molar-refractivity contribution in [3.05, 3.63) is 90.3 Å². The first-order valence-corrected chi connectivity index (χ1v) is 11.3. The number of amides is 1. The Bertz CT molecular complexity index is 1170. The Morgan fingerprint density at radius 2 is 1.73 bits per heavy atom. The molecule has 1 amide bonds. The molecule has 166 valence electrons. The van der Waals surface area contributed by atoms with Gasteiger partial charge in [-0.1, -0.05) is 42.5 Å². The van der Waals surface area contributed by atoms with Crippen molar-refractivity contribution in [2.24, 2.45) is 5.92 Å². The van der Waals surface area contributed by atoms with E-state index in [9.17, 15) is 4.79 Å². The van der Waals surface area contributed by atoms with Gasteiger partial charge in [0.05, 0.1) is 5.69 Å². The second-order valence-corrected chi connectivity index (χ2v) is 8.40. The summed E-state index contributed by atoms with van der Waals surface area (Å²) in [5.74, 6) is 1.25. The first-order valence-electron chi connectivity index (χ1n) is 11.3. The quantitative estimate of drug-likeness (QED) is 0.460. The maximum Gasteiger partial charge on any atom is 0.276 e. The van der Waals surface area contributed by atoms with Gasteiger partial charge < -0.3 is 10.2 Å². The van der Waals surface area contributed by atoms with Gasteiger partial charge in [-0.25, -0.2) is 0 Å². The number of aromatic amines is 1. The summed E-state index contributed by atoms with van der Waals surface area (Å²) < 4.78 is 0. The molecule has 5 rings (SSSR count). The number of anilines is 2. The predicted molar refractivity (Wildman–Crippen MR) is 129 cm³/mol. The third-order valence-electron chi connectivity index (χ3n) is 6.14. The van der Waals surface area contributed by atoms with Crippen LogP contribution in [-0.4, -0.2) is 39.4 Å². The highest BCUT2D eigenvalue weighted by atomic mass is 16.1. The summed E-state index contributed by atoms with van der Waals surface area (Å²) in [6.07, 6.45) is 5.10. The third kappa shape index (κ3) is 5.09. The average molecular weight is 439 g/mol. The Balaban J connectivity index is 1.15. The van der Waals surface area contributed by atoms with Crippen molar-refractivity contribution in [1.29, 1.82) is 0 Å². The zero-order valence-electron chi connectivity index (χ0n) is 18.3. The van der Waals surface area contributed by atoms with Gasteiger partial charge in [-0.3, -0.25) is 9.89 Å². The molecule has 2 aromatic heterocycles. The summed E-state index contributed by atoms with van der Waals surface area (Å²) in [6, 6.07) is 23.8. The van der Waals surface area contributed by atoms with Crippen LogP contribution in [0.4, 0.5) is 11.5 Å². The molecule has 0 atom stereocenters. The highest BCUT2D eigenvalue weighted by Gasteiger charge is 2.21. The van der Waals surface area contributed by atoms with Crippen LogP contribution in [0.3, 0.4) is 0 Å². The smallest absolute Gasteiger partial charge is 0.276 e. The van der Waals surface area contributed by atoms with Crippen LogP contribution >= 0.6 is 0 Å². The summed E-state index contributed by atoms with van der Waals surface area (Å²) in [6.45, 7) is 1.92. The van der Waals surface area contributed by atoms with Crippen molar-refractivity contribution in [3.63, 3.8) is 0 Å². The van der Waals surface area contributed by atoms with Crippen LogP contribution in [0.5, 0.6) is 0 Å². The van der Waals surface area contributed by atoms with Crippen molar-refractivity contribution >= 4 is 17.4 Å². The van der Waals surface area contributed by atoms with E-state index in [-0.39, 0.29) is 5.91 Å². The molecule has 0 bridgehead atoms. The molecule has 0 spiro atoms. The van der Waals surface area contributed by atoms with E-state index in [1.165, 1.54) is 5.56 Å². The Labute approximate surface area is 192 Å². The molecule has 0 aliphatic carbocycles. The summed E-state index contributed by atoms with van der Waals surface area (Å²) in [5.41, 5.74) is 4.34. The third-order valence-corrected chi connectivity index (χ3v) is 6.14. The number of carbonyl (C=O) groups excluding carboxylic acids is 1. The van der Waals surface area contributed by atoms with E-state index < -0.39 is 0 Å². The van der Waals surface area contributed by atoms with Crippen molar-refractivity contribution < 1.29 is 4.79 Å². The molecule has 4 aromatic rings. The monoisotopic (exact) mass is 438 g/mol. The van der Waals surface area contributed by atoms with E-state index >= 15 is 0 Å². The normalized spacial score (nSPS) is 14.2. The van der Waals surface area contributed by atoms with Crippen LogP contribution < -0.4 is 10.2 Å². The van der Waals surface area contributed by atoms with Crippen LogP contribution in [-0.2, 0) is 6.42 Å². The molecule has 3 heterocycles. The number of piperidine rings is 1. The van der Waals surface area contributed by atoms with E-state index in [1.54, 1.807) is 12.3 Å². The molecule has 1 aliphatic heterocycles. The van der Waals surface area contributed by atoms with Crippen molar-refractivity contribution in [3.8, 4) is 11.3 Å². The van der Waals surface area contributed by atoms with Crippen LogP contribution in [0.25, 0.3) is 11.3 Å². The van der Waals surface area contributed by atoms with Gasteiger partial charge in [0.25, 0.3) is 5.91 Å². The maximum atomic E-state index is 12.6. The molecule has 7 heteroatoms. The molecule has 0 unspecified atom stereocenters. The van der Waals surface area contributed by atoms with E-state index in [2.05, 4.69) is 60.9 Å². The van der Waals surface area contributed by atoms with Gasteiger partial charge in [-0.2, -0.15) is 5.10 Å². The summed E-state index contributed by atoms with van der Waals surface area (Å²) in [7, 11) is 0. The van der Waals surface area contributed by atoms with Crippen LogP contribution in [0.15, 0.2) is 79.0 Å². The minimum Gasteiger partial charge on any atom is -0.355 e. The Kier molecular flexibility index (Phi) is 6.10. The SMILES string of the molecule is O=C(Nc1ccc(-c2ccn[nH]2)cc1)c1ccc(N2CCC(Cc3ccccc3)CC2)nn1. The minimum absolute atomic E-state index is 0.273. The van der Waals surface area contributed by atoms with E-state index in [0.717, 1.165) is 49.4 Å². The maximum absolute atomic E-state index is 12.6. The number of H-pyrrole nitrogens is 1. The second-order valence-electron chi connectivity index (χ2n) is 8.40. The molecule has 2 N–H and O–H groups in total. The molecule has 1 saturated heterocycles. The largest absolute Gasteiger partial charge is 0.355 e.